The van der Waals surface area contributed by atoms with Crippen molar-refractivity contribution >= 4 is 0 Å². The molecule has 0 nitrogen and oxygen atoms in total. The van der Waals surface area contributed by atoms with E-state index in [4.69, 9.17) is 0 Å². The molecule has 2 aromatic carbocycles. The lowest BCUT2D eigenvalue weighted by molar-refractivity contribution is 0.312. The van der Waals surface area contributed by atoms with Crippen LogP contribution in [0.5, 0.6) is 0 Å². The Hall–Kier alpha value is -1.82. The van der Waals surface area contributed by atoms with Crippen LogP contribution < -0.4 is 0 Å². The summed E-state index contributed by atoms with van der Waals surface area (Å²) < 4.78 is 0. The largest absolute Gasteiger partial charge is 0.103 e. The Labute approximate surface area is 178 Å². The Morgan fingerprint density at radius 2 is 1.59 bits per heavy atom. The average molecular weight is 387 g/mol. The van der Waals surface area contributed by atoms with E-state index in [1.54, 1.807) is 22.3 Å². The Kier molecular flexibility index (Phi) is 6.90. The van der Waals surface area contributed by atoms with Crippen molar-refractivity contribution in [1.82, 2.24) is 0 Å². The molecule has 2 aliphatic carbocycles. The number of hydrogen-bond acceptors (Lipinski definition) is 0. The van der Waals surface area contributed by atoms with Crippen LogP contribution in [0.4, 0.5) is 0 Å². The molecule has 0 N–H and O–H groups in total. The maximum Gasteiger partial charge on any atom is -0.0118 e. The molecule has 154 valence electrons. The van der Waals surface area contributed by atoms with E-state index in [-0.39, 0.29) is 0 Å². The van der Waals surface area contributed by atoms with Crippen molar-refractivity contribution in [3.63, 3.8) is 0 Å². The number of fused-ring (bicyclic) bond motifs is 1. The van der Waals surface area contributed by atoms with Crippen LogP contribution >= 0.6 is 0 Å². The summed E-state index contributed by atoms with van der Waals surface area (Å²) in [5.41, 5.74) is 7.85. The van der Waals surface area contributed by atoms with Crippen molar-refractivity contribution in [2.45, 2.75) is 89.4 Å². The smallest absolute Gasteiger partial charge is 0.0118 e. The number of benzene rings is 2. The van der Waals surface area contributed by atoms with Gasteiger partial charge in [-0.3, -0.25) is 0 Å². The highest BCUT2D eigenvalue weighted by molar-refractivity contribution is 5.38. The second-order valence-electron chi connectivity index (χ2n) is 9.54. The molecular weight excluding hydrogens is 348 g/mol. The predicted molar refractivity (Wildman–Crippen MR) is 126 cm³/mol. The molecule has 0 amide bonds. The fourth-order valence-corrected chi connectivity index (χ4v) is 5.72. The van der Waals surface area contributed by atoms with Gasteiger partial charge in [-0.2, -0.15) is 0 Å². The van der Waals surface area contributed by atoms with Gasteiger partial charge in [0.15, 0.2) is 0 Å². The maximum absolute atomic E-state index is 3.88. The van der Waals surface area contributed by atoms with Crippen LogP contribution in [-0.4, -0.2) is 0 Å². The number of hydrogen-bond donors (Lipinski definition) is 0. The molecule has 0 heteroatoms. The molecule has 0 spiro atoms. The van der Waals surface area contributed by atoms with Gasteiger partial charge in [-0.25, -0.2) is 0 Å². The van der Waals surface area contributed by atoms with Crippen LogP contribution in [-0.2, 0) is 19.3 Å². The second-order valence-corrected chi connectivity index (χ2v) is 9.54. The highest BCUT2D eigenvalue weighted by Gasteiger charge is 2.23. The van der Waals surface area contributed by atoms with E-state index < -0.39 is 0 Å². The van der Waals surface area contributed by atoms with E-state index in [9.17, 15) is 0 Å². The molecule has 0 bridgehead atoms. The van der Waals surface area contributed by atoms with E-state index in [1.807, 2.05) is 0 Å². The zero-order chi connectivity index (χ0) is 20.1. The molecule has 1 atom stereocenters. The van der Waals surface area contributed by atoms with Crippen LogP contribution in [0, 0.1) is 5.92 Å². The lowest BCUT2D eigenvalue weighted by atomic mass is 9.76. The molecule has 1 saturated carbocycles. The molecule has 0 saturated heterocycles. The fraction of sp³-hybridized carbons (Fsp3) is 0.517. The van der Waals surface area contributed by atoms with Crippen LogP contribution in [0.15, 0.2) is 55.1 Å². The van der Waals surface area contributed by atoms with Gasteiger partial charge in [0.05, 0.1) is 0 Å². The molecule has 0 aliphatic heterocycles. The van der Waals surface area contributed by atoms with Gasteiger partial charge in [-0.05, 0) is 110 Å². The minimum atomic E-state index is 0.697. The summed E-state index contributed by atoms with van der Waals surface area (Å²) in [5.74, 6) is 2.42. The van der Waals surface area contributed by atoms with Gasteiger partial charge < -0.3 is 0 Å². The number of allylic oxidation sites excluding steroid dienone is 1. The zero-order valence-electron chi connectivity index (χ0n) is 18.3. The summed E-state index contributed by atoms with van der Waals surface area (Å²) in [5, 5.41) is 0. The van der Waals surface area contributed by atoms with Crippen LogP contribution in [0.3, 0.4) is 0 Å². The fourth-order valence-electron chi connectivity index (χ4n) is 5.72. The van der Waals surface area contributed by atoms with Crippen molar-refractivity contribution in [2.75, 3.05) is 0 Å². The first-order valence-electron chi connectivity index (χ1n) is 12.1. The van der Waals surface area contributed by atoms with Crippen molar-refractivity contribution in [3.05, 3.63) is 82.9 Å². The highest BCUT2D eigenvalue weighted by Crippen LogP contribution is 2.39. The lowest BCUT2D eigenvalue weighted by Crippen LogP contribution is -2.14. The Bertz CT molecular complexity index is 789. The quantitative estimate of drug-likeness (QED) is 0.421. The molecule has 0 aromatic heterocycles. The monoisotopic (exact) mass is 386 g/mol. The summed E-state index contributed by atoms with van der Waals surface area (Å²) >= 11 is 0. The van der Waals surface area contributed by atoms with Crippen molar-refractivity contribution in [1.29, 1.82) is 0 Å². The minimum absolute atomic E-state index is 0.697. The van der Waals surface area contributed by atoms with Gasteiger partial charge in [-0.15, -0.1) is 6.58 Å². The predicted octanol–water partition coefficient (Wildman–Crippen LogP) is 8.15. The van der Waals surface area contributed by atoms with Crippen LogP contribution in [0.1, 0.15) is 97.9 Å². The summed E-state index contributed by atoms with van der Waals surface area (Å²) in [6.45, 7) is 6.15. The average Bonchev–Trinajstić information content (AvgIpc) is 2.78. The topological polar surface area (TPSA) is 0 Å². The lowest BCUT2D eigenvalue weighted by Gasteiger charge is -2.29. The molecule has 2 aliphatic rings. The van der Waals surface area contributed by atoms with Crippen molar-refractivity contribution in [2.24, 2.45) is 5.92 Å². The summed E-state index contributed by atoms with van der Waals surface area (Å²) in [6, 6.07) is 17.0. The van der Waals surface area contributed by atoms with Crippen LogP contribution in [0.25, 0.3) is 0 Å². The van der Waals surface area contributed by atoms with E-state index in [1.165, 1.54) is 76.2 Å². The Balaban J connectivity index is 1.36. The molecule has 4 rings (SSSR count). The summed E-state index contributed by atoms with van der Waals surface area (Å²) in [4.78, 5) is 0. The normalized spacial score (nSPS) is 24.1. The highest BCUT2D eigenvalue weighted by atomic mass is 14.3. The number of aryl methyl sites for hydroxylation is 2. The van der Waals surface area contributed by atoms with E-state index in [0.29, 0.717) is 5.92 Å². The summed E-state index contributed by atoms with van der Waals surface area (Å²) in [6.07, 6.45) is 16.4. The third-order valence-electron chi connectivity index (χ3n) is 7.54. The molecule has 0 radical (unpaired) electrons. The van der Waals surface area contributed by atoms with E-state index in [0.717, 1.165) is 11.8 Å². The van der Waals surface area contributed by atoms with Crippen molar-refractivity contribution in [3.8, 4) is 0 Å². The second kappa shape index (κ2) is 9.79. The Morgan fingerprint density at radius 3 is 2.28 bits per heavy atom. The van der Waals surface area contributed by atoms with Gasteiger partial charge in [-0.1, -0.05) is 61.9 Å². The van der Waals surface area contributed by atoms with Gasteiger partial charge in [0.1, 0.15) is 0 Å². The Morgan fingerprint density at radius 1 is 0.862 bits per heavy atom. The van der Waals surface area contributed by atoms with Gasteiger partial charge in [0.2, 0.25) is 0 Å². The van der Waals surface area contributed by atoms with Crippen molar-refractivity contribution < 1.29 is 0 Å². The van der Waals surface area contributed by atoms with E-state index >= 15 is 0 Å². The molecular formula is C29H38. The van der Waals surface area contributed by atoms with Gasteiger partial charge in [0, 0.05) is 0 Å². The first-order valence-corrected chi connectivity index (χ1v) is 12.1. The minimum Gasteiger partial charge on any atom is -0.103 e. The third kappa shape index (κ3) is 5.03. The zero-order valence-corrected chi connectivity index (χ0v) is 18.3. The van der Waals surface area contributed by atoms with Gasteiger partial charge >= 0.3 is 0 Å². The van der Waals surface area contributed by atoms with Crippen LogP contribution in [0.2, 0.25) is 0 Å². The SMILES string of the molecule is C=CCCC1CCC(c2ccc(C3CCc4cc(CCC)ccc4C3)cc2)CC1. The van der Waals surface area contributed by atoms with E-state index in [2.05, 4.69) is 62.0 Å². The molecule has 2 aromatic rings. The first-order chi connectivity index (χ1) is 14.3. The molecule has 0 heterocycles. The first kappa shape index (κ1) is 20.5. The standard InChI is InChI=1S/C29H38/c1-3-5-7-22-8-11-24(12-9-22)25-14-16-26(17-15-25)28-19-18-27-20-23(6-4-2)10-13-29(27)21-28/h3,10,13-17,20,22,24,28H,1,4-9,11-12,18-19,21H2,2H3. The maximum atomic E-state index is 3.88. The number of rotatable bonds is 7. The molecule has 1 unspecified atom stereocenters. The van der Waals surface area contributed by atoms with Gasteiger partial charge in [0.25, 0.3) is 0 Å². The molecule has 1 fully saturated rings. The molecule has 29 heavy (non-hydrogen) atoms. The summed E-state index contributed by atoms with van der Waals surface area (Å²) in [7, 11) is 0. The third-order valence-corrected chi connectivity index (χ3v) is 7.54.